The molecule has 2 N–H and O–H groups in total. The van der Waals surface area contributed by atoms with Crippen molar-refractivity contribution in [2.75, 3.05) is 5.32 Å². The number of carboxylic acids is 1. The molecule has 1 heterocycles. The zero-order valence-electron chi connectivity index (χ0n) is 10.7. The number of carboxylic acid groups (broad SMARTS) is 1. The fourth-order valence-electron chi connectivity index (χ4n) is 2.25. The fraction of sp³-hybridized carbons (Fsp3) is 0.462. The largest absolute Gasteiger partial charge is 0.481 e. The van der Waals surface area contributed by atoms with Crippen LogP contribution >= 0.6 is 0 Å². The van der Waals surface area contributed by atoms with Crippen LogP contribution in [0.4, 0.5) is 5.69 Å². The number of aryl methyl sites for hydroxylation is 1. The summed E-state index contributed by atoms with van der Waals surface area (Å²) >= 11 is 0. The third-order valence-electron chi connectivity index (χ3n) is 3.63. The Bertz CT molecular complexity index is 572. The van der Waals surface area contributed by atoms with E-state index in [0.29, 0.717) is 18.5 Å². The van der Waals surface area contributed by atoms with Crippen LogP contribution in [0.3, 0.4) is 0 Å². The molecule has 6 nitrogen and oxygen atoms in total. The van der Waals surface area contributed by atoms with Gasteiger partial charge in [0.05, 0.1) is 11.1 Å². The second-order valence-corrected chi connectivity index (χ2v) is 5.03. The predicted molar refractivity (Wildman–Crippen MR) is 68.8 cm³/mol. The van der Waals surface area contributed by atoms with Crippen LogP contribution in [0.25, 0.3) is 0 Å². The molecule has 0 radical (unpaired) electrons. The van der Waals surface area contributed by atoms with Gasteiger partial charge >= 0.3 is 5.97 Å². The highest BCUT2D eigenvalue weighted by molar-refractivity contribution is 5.94. The maximum Gasteiger partial charge on any atom is 0.310 e. The van der Waals surface area contributed by atoms with E-state index in [1.807, 2.05) is 0 Å². The molecule has 1 fully saturated rings. The molecule has 0 unspecified atom stereocenters. The molecule has 19 heavy (non-hydrogen) atoms. The van der Waals surface area contributed by atoms with Crippen molar-refractivity contribution >= 4 is 17.6 Å². The van der Waals surface area contributed by atoms with E-state index in [1.54, 1.807) is 7.05 Å². The van der Waals surface area contributed by atoms with E-state index in [9.17, 15) is 14.4 Å². The number of hydrogen-bond donors (Lipinski definition) is 2. The minimum absolute atomic E-state index is 0.0226. The smallest absolute Gasteiger partial charge is 0.310 e. The molecule has 0 saturated heterocycles. The quantitative estimate of drug-likeness (QED) is 0.848. The van der Waals surface area contributed by atoms with E-state index in [-0.39, 0.29) is 17.9 Å². The molecule has 1 aliphatic carbocycles. The minimum atomic E-state index is -0.908. The second kappa shape index (κ2) is 4.87. The lowest BCUT2D eigenvalue weighted by Gasteiger charge is -2.36. The summed E-state index contributed by atoms with van der Waals surface area (Å²) in [6, 6.07) is 2.86. The summed E-state index contributed by atoms with van der Waals surface area (Å²) in [5.41, 5.74) is -0.573. The van der Waals surface area contributed by atoms with Gasteiger partial charge in [0.1, 0.15) is 0 Å². The number of aromatic nitrogens is 1. The van der Waals surface area contributed by atoms with E-state index in [1.165, 1.54) is 22.9 Å². The summed E-state index contributed by atoms with van der Waals surface area (Å²) in [5.74, 6) is -1.24. The van der Waals surface area contributed by atoms with Crippen LogP contribution in [0.5, 0.6) is 0 Å². The highest BCUT2D eigenvalue weighted by Crippen LogP contribution is 2.44. The number of carbonyl (C=O) groups excluding carboxylic acids is 1. The van der Waals surface area contributed by atoms with Crippen LogP contribution in [0.2, 0.25) is 0 Å². The summed E-state index contributed by atoms with van der Waals surface area (Å²) < 4.78 is 1.35. The van der Waals surface area contributed by atoms with E-state index in [0.717, 1.165) is 6.42 Å². The van der Waals surface area contributed by atoms with E-state index >= 15 is 0 Å². The predicted octanol–water partition coefficient (Wildman–Crippen LogP) is 0.969. The number of amides is 1. The molecule has 2 rings (SSSR count). The number of nitrogens with zero attached hydrogens (tertiary/aromatic N) is 1. The number of hydrogen-bond acceptors (Lipinski definition) is 3. The molecule has 1 aromatic heterocycles. The van der Waals surface area contributed by atoms with Gasteiger partial charge in [0.2, 0.25) is 11.5 Å². The Hall–Kier alpha value is -2.11. The first-order valence-electron chi connectivity index (χ1n) is 6.13. The summed E-state index contributed by atoms with van der Waals surface area (Å²) in [6.45, 7) is 0. The topological polar surface area (TPSA) is 88.4 Å². The first kappa shape index (κ1) is 13.3. The fourth-order valence-corrected chi connectivity index (χ4v) is 2.25. The highest BCUT2D eigenvalue weighted by Gasteiger charge is 2.45. The first-order valence-corrected chi connectivity index (χ1v) is 6.13. The van der Waals surface area contributed by atoms with Crippen molar-refractivity contribution in [3.63, 3.8) is 0 Å². The molecule has 0 bridgehead atoms. The van der Waals surface area contributed by atoms with Crippen LogP contribution < -0.4 is 10.9 Å². The zero-order valence-corrected chi connectivity index (χ0v) is 10.7. The van der Waals surface area contributed by atoms with Crippen molar-refractivity contribution in [2.45, 2.75) is 25.7 Å². The number of nitrogens with one attached hydrogen (secondary N) is 1. The summed E-state index contributed by atoms with van der Waals surface area (Å²) in [5, 5.41) is 11.8. The average molecular weight is 264 g/mol. The summed E-state index contributed by atoms with van der Waals surface area (Å²) in [6.07, 6.45) is 3.42. The van der Waals surface area contributed by atoms with Gasteiger partial charge in [-0.3, -0.25) is 14.4 Å². The molecule has 0 aliphatic heterocycles. The molecule has 0 aromatic carbocycles. The Labute approximate surface area is 110 Å². The van der Waals surface area contributed by atoms with E-state index in [4.69, 9.17) is 5.11 Å². The molecule has 1 amide bonds. The molecular weight excluding hydrogens is 248 g/mol. The van der Waals surface area contributed by atoms with Crippen LogP contribution in [0.15, 0.2) is 23.1 Å². The molecule has 1 aliphatic rings. The van der Waals surface area contributed by atoms with Crippen LogP contribution in [-0.2, 0) is 16.6 Å². The van der Waals surface area contributed by atoms with Crippen LogP contribution in [0, 0.1) is 5.41 Å². The van der Waals surface area contributed by atoms with Gasteiger partial charge in [-0.1, -0.05) is 6.42 Å². The van der Waals surface area contributed by atoms with Crippen molar-refractivity contribution < 1.29 is 14.7 Å². The van der Waals surface area contributed by atoms with Crippen molar-refractivity contribution in [2.24, 2.45) is 12.5 Å². The first-order chi connectivity index (χ1) is 8.93. The zero-order chi connectivity index (χ0) is 14.0. The van der Waals surface area contributed by atoms with Crippen molar-refractivity contribution in [1.29, 1.82) is 0 Å². The van der Waals surface area contributed by atoms with Gasteiger partial charge in [-0.05, 0) is 18.9 Å². The maximum atomic E-state index is 11.9. The number of rotatable bonds is 4. The van der Waals surface area contributed by atoms with Gasteiger partial charge < -0.3 is 15.0 Å². The Kier molecular flexibility index (Phi) is 3.42. The van der Waals surface area contributed by atoms with E-state index in [2.05, 4.69) is 5.32 Å². The lowest BCUT2D eigenvalue weighted by atomic mass is 9.66. The molecule has 102 valence electrons. The second-order valence-electron chi connectivity index (χ2n) is 5.03. The number of pyridine rings is 1. The molecule has 1 aromatic rings. The van der Waals surface area contributed by atoms with Gasteiger partial charge in [0, 0.05) is 25.7 Å². The maximum absolute atomic E-state index is 11.9. The van der Waals surface area contributed by atoms with Crippen LogP contribution in [-0.4, -0.2) is 21.6 Å². The van der Waals surface area contributed by atoms with Crippen molar-refractivity contribution in [3.05, 3.63) is 28.7 Å². The summed E-state index contributed by atoms with van der Waals surface area (Å²) in [4.78, 5) is 34.2. The SMILES string of the molecule is Cn1cc(NC(=O)CC2(C(=O)O)CCC2)ccc1=O. The number of carbonyl (C=O) groups is 2. The van der Waals surface area contributed by atoms with Crippen LogP contribution in [0.1, 0.15) is 25.7 Å². The molecule has 6 heteroatoms. The Morgan fingerprint density at radius 3 is 2.58 bits per heavy atom. The van der Waals surface area contributed by atoms with Crippen molar-refractivity contribution in [1.82, 2.24) is 4.57 Å². The van der Waals surface area contributed by atoms with Gasteiger partial charge in [0.25, 0.3) is 0 Å². The number of aliphatic carboxylic acids is 1. The standard InChI is InChI=1S/C13H16N2O4/c1-15-8-9(3-4-11(15)17)14-10(16)7-13(12(18)19)5-2-6-13/h3-4,8H,2,5-7H2,1H3,(H,14,16)(H,18,19). The minimum Gasteiger partial charge on any atom is -0.481 e. The molecule has 1 saturated carbocycles. The summed E-state index contributed by atoms with van der Waals surface area (Å²) in [7, 11) is 1.59. The Morgan fingerprint density at radius 1 is 1.42 bits per heavy atom. The Morgan fingerprint density at radius 2 is 2.11 bits per heavy atom. The third kappa shape index (κ3) is 2.67. The third-order valence-corrected chi connectivity index (χ3v) is 3.63. The van der Waals surface area contributed by atoms with Gasteiger partial charge in [-0.2, -0.15) is 0 Å². The number of anilines is 1. The monoisotopic (exact) mass is 264 g/mol. The highest BCUT2D eigenvalue weighted by atomic mass is 16.4. The van der Waals surface area contributed by atoms with Gasteiger partial charge in [-0.25, -0.2) is 0 Å². The van der Waals surface area contributed by atoms with Gasteiger partial charge in [-0.15, -0.1) is 0 Å². The lowest BCUT2D eigenvalue weighted by molar-refractivity contribution is -0.157. The molecular formula is C13H16N2O4. The Balaban J connectivity index is 2.03. The van der Waals surface area contributed by atoms with Gasteiger partial charge in [0.15, 0.2) is 0 Å². The lowest BCUT2D eigenvalue weighted by Crippen LogP contribution is -2.41. The molecule has 0 atom stereocenters. The molecule has 0 spiro atoms. The normalized spacial score (nSPS) is 16.5. The van der Waals surface area contributed by atoms with E-state index < -0.39 is 11.4 Å². The average Bonchev–Trinajstić information content (AvgIpc) is 2.28. The van der Waals surface area contributed by atoms with Crippen molar-refractivity contribution in [3.8, 4) is 0 Å².